The minimum absolute atomic E-state index is 0.0463. The highest BCUT2D eigenvalue weighted by Gasteiger charge is 2.16. The molecule has 2 rings (SSSR count). The second-order valence-electron chi connectivity index (χ2n) is 3.26. The quantitative estimate of drug-likeness (QED) is 0.621. The number of likely N-dealkylation sites (tertiary alicyclic amines) is 1. The van der Waals surface area contributed by atoms with Gasteiger partial charge in [-0.05, 0) is 13.3 Å². The fourth-order valence-corrected chi connectivity index (χ4v) is 1.45. The zero-order valence-corrected chi connectivity index (χ0v) is 8.51. The van der Waals surface area contributed by atoms with E-state index in [0.717, 1.165) is 39.0 Å². The summed E-state index contributed by atoms with van der Waals surface area (Å²) in [7, 11) is 0. The molecule has 0 aromatic carbocycles. The molecule has 0 saturated carbocycles. The van der Waals surface area contributed by atoms with Crippen LogP contribution in [0.3, 0.4) is 0 Å². The third kappa shape index (κ3) is 3.24. The van der Waals surface area contributed by atoms with E-state index in [4.69, 9.17) is 0 Å². The standard InChI is InChI=1S/C6H11NO.C3H6N2O/c1-2-7-5-3-4-6(7)8;6-3-4-1-2-5-3/h2-5H2,1H3;1-2H2,(H2,4,5,6). The summed E-state index contributed by atoms with van der Waals surface area (Å²) in [5.41, 5.74) is 0. The number of carbonyl (C=O) groups excluding carboxylic acids is 2. The molecule has 0 spiro atoms. The van der Waals surface area contributed by atoms with Gasteiger partial charge in [-0.25, -0.2) is 4.79 Å². The molecule has 5 nitrogen and oxygen atoms in total. The Bertz CT molecular complexity index is 210. The minimum atomic E-state index is -0.0463. The van der Waals surface area contributed by atoms with E-state index in [0.29, 0.717) is 5.91 Å². The molecule has 0 aliphatic carbocycles. The number of rotatable bonds is 1. The van der Waals surface area contributed by atoms with Crippen LogP contribution in [0.4, 0.5) is 4.79 Å². The predicted molar refractivity (Wildman–Crippen MR) is 52.9 cm³/mol. The molecule has 80 valence electrons. The molecule has 14 heavy (non-hydrogen) atoms. The van der Waals surface area contributed by atoms with Crippen molar-refractivity contribution in [2.24, 2.45) is 0 Å². The van der Waals surface area contributed by atoms with E-state index in [1.807, 2.05) is 11.8 Å². The summed E-state index contributed by atoms with van der Waals surface area (Å²) >= 11 is 0. The second-order valence-corrected chi connectivity index (χ2v) is 3.26. The molecular formula is C9H17N3O2. The van der Waals surface area contributed by atoms with Crippen molar-refractivity contribution in [2.75, 3.05) is 26.2 Å². The molecular weight excluding hydrogens is 182 g/mol. The first-order valence-electron chi connectivity index (χ1n) is 5.03. The van der Waals surface area contributed by atoms with Crippen molar-refractivity contribution in [1.82, 2.24) is 15.5 Å². The summed E-state index contributed by atoms with van der Waals surface area (Å²) in [6.45, 7) is 5.44. The Morgan fingerprint density at radius 1 is 1.29 bits per heavy atom. The lowest BCUT2D eigenvalue weighted by atomic mass is 10.4. The summed E-state index contributed by atoms with van der Waals surface area (Å²) in [4.78, 5) is 22.6. The van der Waals surface area contributed by atoms with E-state index in [9.17, 15) is 9.59 Å². The second kappa shape index (κ2) is 5.47. The summed E-state index contributed by atoms with van der Waals surface area (Å²) in [5.74, 6) is 0.326. The van der Waals surface area contributed by atoms with Gasteiger partial charge in [-0.2, -0.15) is 0 Å². The monoisotopic (exact) mass is 199 g/mol. The Kier molecular flexibility index (Phi) is 4.22. The molecule has 0 bridgehead atoms. The van der Waals surface area contributed by atoms with Crippen LogP contribution in [0.1, 0.15) is 19.8 Å². The van der Waals surface area contributed by atoms with E-state index in [2.05, 4.69) is 10.6 Å². The number of urea groups is 1. The highest BCUT2D eigenvalue weighted by atomic mass is 16.2. The lowest BCUT2D eigenvalue weighted by molar-refractivity contribution is -0.127. The molecule has 0 unspecified atom stereocenters. The highest BCUT2D eigenvalue weighted by molar-refractivity contribution is 5.77. The van der Waals surface area contributed by atoms with Gasteiger partial charge in [-0.15, -0.1) is 0 Å². The Hall–Kier alpha value is -1.26. The molecule has 2 saturated heterocycles. The molecule has 0 aromatic heterocycles. The highest BCUT2D eigenvalue weighted by Crippen LogP contribution is 2.07. The van der Waals surface area contributed by atoms with Crippen LogP contribution in [-0.4, -0.2) is 43.0 Å². The number of nitrogens with one attached hydrogen (secondary N) is 2. The van der Waals surface area contributed by atoms with Gasteiger partial charge in [0.05, 0.1) is 0 Å². The van der Waals surface area contributed by atoms with Crippen LogP contribution in [-0.2, 0) is 4.79 Å². The van der Waals surface area contributed by atoms with Crippen molar-refractivity contribution < 1.29 is 9.59 Å². The smallest absolute Gasteiger partial charge is 0.314 e. The van der Waals surface area contributed by atoms with Crippen LogP contribution in [0.25, 0.3) is 0 Å². The Morgan fingerprint density at radius 3 is 2.14 bits per heavy atom. The SMILES string of the molecule is CCN1CCCC1=O.O=C1NCCN1. The average Bonchev–Trinajstić information content (AvgIpc) is 2.77. The molecule has 3 amide bonds. The van der Waals surface area contributed by atoms with E-state index >= 15 is 0 Å². The molecule has 5 heteroatoms. The van der Waals surface area contributed by atoms with Crippen molar-refractivity contribution in [1.29, 1.82) is 0 Å². The lowest BCUT2D eigenvalue weighted by Gasteiger charge is -2.10. The van der Waals surface area contributed by atoms with E-state index in [1.54, 1.807) is 0 Å². The maximum Gasteiger partial charge on any atom is 0.314 e. The summed E-state index contributed by atoms with van der Waals surface area (Å²) in [6.07, 6.45) is 1.83. The summed E-state index contributed by atoms with van der Waals surface area (Å²) < 4.78 is 0. The van der Waals surface area contributed by atoms with Gasteiger partial charge in [0.1, 0.15) is 0 Å². The molecule has 2 fully saturated rings. The first-order valence-corrected chi connectivity index (χ1v) is 5.03. The third-order valence-electron chi connectivity index (χ3n) is 2.25. The van der Waals surface area contributed by atoms with Crippen molar-refractivity contribution in [3.05, 3.63) is 0 Å². The molecule has 0 atom stereocenters. The van der Waals surface area contributed by atoms with Gasteiger partial charge < -0.3 is 15.5 Å². The van der Waals surface area contributed by atoms with Crippen LogP contribution in [0.5, 0.6) is 0 Å². The number of carbonyl (C=O) groups is 2. The molecule has 2 heterocycles. The van der Waals surface area contributed by atoms with Crippen molar-refractivity contribution >= 4 is 11.9 Å². The largest absolute Gasteiger partial charge is 0.343 e. The van der Waals surface area contributed by atoms with Crippen molar-refractivity contribution in [2.45, 2.75) is 19.8 Å². The van der Waals surface area contributed by atoms with Crippen molar-refractivity contribution in [3.8, 4) is 0 Å². The number of amides is 3. The Balaban J connectivity index is 0.000000146. The van der Waals surface area contributed by atoms with Gasteiger partial charge in [0.25, 0.3) is 0 Å². The normalized spacial score (nSPS) is 19.9. The number of hydrogen-bond donors (Lipinski definition) is 2. The summed E-state index contributed by atoms with van der Waals surface area (Å²) in [5, 5.41) is 5.14. The molecule has 2 aliphatic rings. The van der Waals surface area contributed by atoms with Crippen LogP contribution >= 0.6 is 0 Å². The minimum Gasteiger partial charge on any atom is -0.343 e. The maximum atomic E-state index is 10.7. The summed E-state index contributed by atoms with van der Waals surface area (Å²) in [6, 6.07) is -0.0463. The van der Waals surface area contributed by atoms with Gasteiger partial charge >= 0.3 is 6.03 Å². The number of nitrogens with zero attached hydrogens (tertiary/aromatic N) is 1. The van der Waals surface area contributed by atoms with Gasteiger partial charge in [-0.3, -0.25) is 4.79 Å². The number of hydrogen-bond acceptors (Lipinski definition) is 2. The average molecular weight is 199 g/mol. The van der Waals surface area contributed by atoms with Crippen molar-refractivity contribution in [3.63, 3.8) is 0 Å². The lowest BCUT2D eigenvalue weighted by Crippen LogP contribution is -2.23. The van der Waals surface area contributed by atoms with E-state index in [-0.39, 0.29) is 6.03 Å². The maximum absolute atomic E-state index is 10.7. The fourth-order valence-electron chi connectivity index (χ4n) is 1.45. The Labute approximate surface area is 83.8 Å². The molecule has 2 aliphatic heterocycles. The topological polar surface area (TPSA) is 61.4 Å². The zero-order chi connectivity index (χ0) is 10.4. The molecule has 0 aromatic rings. The van der Waals surface area contributed by atoms with Crippen LogP contribution in [0, 0.1) is 0 Å². The van der Waals surface area contributed by atoms with Crippen LogP contribution in [0.15, 0.2) is 0 Å². The van der Waals surface area contributed by atoms with Gasteiger partial charge in [0.2, 0.25) is 5.91 Å². The van der Waals surface area contributed by atoms with Crippen LogP contribution in [0.2, 0.25) is 0 Å². The van der Waals surface area contributed by atoms with Crippen LogP contribution < -0.4 is 10.6 Å². The molecule has 0 radical (unpaired) electrons. The van der Waals surface area contributed by atoms with Gasteiger partial charge in [0, 0.05) is 32.6 Å². The third-order valence-corrected chi connectivity index (χ3v) is 2.25. The Morgan fingerprint density at radius 2 is 1.93 bits per heavy atom. The van der Waals surface area contributed by atoms with E-state index in [1.165, 1.54) is 0 Å². The molecule has 2 N–H and O–H groups in total. The first kappa shape index (κ1) is 10.8. The predicted octanol–water partition coefficient (Wildman–Crippen LogP) is -0.0721. The van der Waals surface area contributed by atoms with Gasteiger partial charge in [-0.1, -0.05) is 0 Å². The zero-order valence-electron chi connectivity index (χ0n) is 8.51. The first-order chi connectivity index (χ1) is 6.74. The van der Waals surface area contributed by atoms with E-state index < -0.39 is 0 Å². The van der Waals surface area contributed by atoms with Gasteiger partial charge in [0.15, 0.2) is 0 Å². The fraction of sp³-hybridized carbons (Fsp3) is 0.778.